The van der Waals surface area contributed by atoms with Crippen molar-refractivity contribution in [2.75, 3.05) is 0 Å². The van der Waals surface area contributed by atoms with E-state index < -0.39 is 5.97 Å². The zero-order chi connectivity index (χ0) is 22.7. The summed E-state index contributed by atoms with van der Waals surface area (Å²) >= 11 is 1.25. The van der Waals surface area contributed by atoms with Gasteiger partial charge in [-0.25, -0.2) is 4.79 Å². The van der Waals surface area contributed by atoms with Gasteiger partial charge in [-0.2, -0.15) is 0 Å². The molecule has 0 aliphatic carbocycles. The zero-order valence-corrected chi connectivity index (χ0v) is 18.1. The topological polar surface area (TPSA) is 72.8 Å². The molecule has 0 unspecified atom stereocenters. The number of rotatable bonds is 7. The Morgan fingerprint density at radius 3 is 2.50 bits per heavy atom. The van der Waals surface area contributed by atoms with E-state index in [0.29, 0.717) is 32.7 Å². The van der Waals surface area contributed by atoms with E-state index in [1.807, 2.05) is 25.1 Å². The minimum Gasteiger partial charge on any atom is -0.508 e. The van der Waals surface area contributed by atoms with Gasteiger partial charge in [0.1, 0.15) is 10.6 Å². The van der Waals surface area contributed by atoms with E-state index >= 15 is 0 Å². The number of aromatic hydroxyl groups is 1. The molecule has 0 radical (unpaired) electrons. The number of benzene rings is 3. The molecule has 1 N–H and O–H groups in total. The Hall–Kier alpha value is -3.90. The summed E-state index contributed by atoms with van der Waals surface area (Å²) in [6, 6.07) is 19.0. The van der Waals surface area contributed by atoms with Crippen LogP contribution in [0.3, 0.4) is 0 Å². The summed E-state index contributed by atoms with van der Waals surface area (Å²) in [4.78, 5) is 25.7. The third-order valence-corrected chi connectivity index (χ3v) is 6.05. The van der Waals surface area contributed by atoms with Crippen LogP contribution in [-0.2, 0) is 11.2 Å². The van der Waals surface area contributed by atoms with Crippen molar-refractivity contribution >= 4 is 33.2 Å². The lowest BCUT2D eigenvalue weighted by atomic mass is 10.0. The molecule has 0 bridgehead atoms. The number of ether oxygens (including phenoxy) is 2. The van der Waals surface area contributed by atoms with E-state index in [1.165, 1.54) is 11.3 Å². The first-order valence-corrected chi connectivity index (χ1v) is 10.8. The minimum atomic E-state index is -0.616. The lowest BCUT2D eigenvalue weighted by Gasteiger charge is -2.12. The Morgan fingerprint density at radius 1 is 1.03 bits per heavy atom. The van der Waals surface area contributed by atoms with Crippen molar-refractivity contribution in [3.63, 3.8) is 0 Å². The molecule has 1 aromatic heterocycles. The van der Waals surface area contributed by atoms with Gasteiger partial charge in [0.05, 0.1) is 0 Å². The number of ketones is 1. The maximum absolute atomic E-state index is 13.6. The number of phenolic OH excluding ortho intramolecular Hbond substituents is 1. The summed E-state index contributed by atoms with van der Waals surface area (Å²) in [5, 5.41) is 10.6. The molecule has 6 heteroatoms. The van der Waals surface area contributed by atoms with Crippen LogP contribution in [0.15, 0.2) is 79.4 Å². The van der Waals surface area contributed by atoms with Crippen molar-refractivity contribution in [2.45, 2.75) is 13.3 Å². The third kappa shape index (κ3) is 4.13. The van der Waals surface area contributed by atoms with E-state index in [-0.39, 0.29) is 23.0 Å². The number of carbonyl (C=O) groups is 2. The van der Waals surface area contributed by atoms with Gasteiger partial charge < -0.3 is 14.6 Å². The van der Waals surface area contributed by atoms with Crippen LogP contribution in [0.2, 0.25) is 0 Å². The van der Waals surface area contributed by atoms with Crippen molar-refractivity contribution < 1.29 is 24.2 Å². The number of esters is 1. The van der Waals surface area contributed by atoms with E-state index in [2.05, 4.69) is 6.58 Å². The van der Waals surface area contributed by atoms with Gasteiger partial charge in [0.2, 0.25) is 5.78 Å². The van der Waals surface area contributed by atoms with Gasteiger partial charge in [-0.3, -0.25) is 4.79 Å². The third-order valence-electron chi connectivity index (χ3n) is 4.92. The molecule has 1 heterocycles. The van der Waals surface area contributed by atoms with Crippen molar-refractivity contribution in [3.05, 3.63) is 95.4 Å². The average Bonchev–Trinajstić information content (AvgIpc) is 3.16. The molecule has 0 saturated heterocycles. The van der Waals surface area contributed by atoms with Crippen molar-refractivity contribution in [1.82, 2.24) is 0 Å². The fourth-order valence-electron chi connectivity index (χ4n) is 3.36. The molecule has 3 aromatic carbocycles. The van der Waals surface area contributed by atoms with E-state index in [0.717, 1.165) is 11.6 Å². The number of hydrogen-bond donors (Lipinski definition) is 1. The average molecular weight is 445 g/mol. The molecule has 160 valence electrons. The first kappa shape index (κ1) is 21.3. The van der Waals surface area contributed by atoms with E-state index in [4.69, 9.17) is 9.47 Å². The van der Waals surface area contributed by atoms with Crippen molar-refractivity contribution in [2.24, 2.45) is 0 Å². The van der Waals surface area contributed by atoms with Gasteiger partial charge >= 0.3 is 5.97 Å². The fraction of sp³-hybridized carbons (Fsp3) is 0.0769. The van der Waals surface area contributed by atoms with Crippen molar-refractivity contribution in [3.8, 4) is 23.0 Å². The van der Waals surface area contributed by atoms with Crippen LogP contribution >= 0.6 is 11.3 Å². The van der Waals surface area contributed by atoms with E-state index in [1.54, 1.807) is 48.5 Å². The Kier molecular flexibility index (Phi) is 6.05. The number of aryl methyl sites for hydroxylation is 1. The Bertz CT molecular complexity index is 1340. The summed E-state index contributed by atoms with van der Waals surface area (Å²) in [5.41, 5.74) is 1.53. The van der Waals surface area contributed by atoms with E-state index in [9.17, 15) is 14.7 Å². The highest BCUT2D eigenvalue weighted by Crippen LogP contribution is 2.44. The highest BCUT2D eigenvalue weighted by Gasteiger charge is 2.24. The van der Waals surface area contributed by atoms with Crippen LogP contribution in [0.25, 0.3) is 10.1 Å². The second-order valence-electron chi connectivity index (χ2n) is 6.95. The van der Waals surface area contributed by atoms with Gasteiger partial charge in [0.25, 0.3) is 0 Å². The summed E-state index contributed by atoms with van der Waals surface area (Å²) in [7, 11) is 0. The number of hydrogen-bond acceptors (Lipinski definition) is 6. The molecule has 0 saturated carbocycles. The molecule has 0 aliphatic rings. The molecule has 0 atom stereocenters. The molecular formula is C26H20O5S. The lowest BCUT2D eigenvalue weighted by molar-refractivity contribution is -0.129. The van der Waals surface area contributed by atoms with Crippen molar-refractivity contribution in [1.29, 1.82) is 0 Å². The van der Waals surface area contributed by atoms with Gasteiger partial charge in [-0.1, -0.05) is 49.9 Å². The highest BCUT2D eigenvalue weighted by atomic mass is 32.1. The number of fused-ring (bicyclic) bond motifs is 1. The van der Waals surface area contributed by atoms with Gasteiger partial charge in [0, 0.05) is 21.7 Å². The summed E-state index contributed by atoms with van der Waals surface area (Å²) in [6.07, 6.45) is 1.78. The lowest BCUT2D eigenvalue weighted by Crippen LogP contribution is -2.06. The molecule has 0 spiro atoms. The number of thiophene rings is 1. The molecule has 4 aromatic rings. The van der Waals surface area contributed by atoms with Gasteiger partial charge in [-0.15, -0.1) is 11.3 Å². The highest BCUT2D eigenvalue weighted by molar-refractivity contribution is 7.21. The molecule has 0 aliphatic heterocycles. The van der Waals surface area contributed by atoms with Crippen LogP contribution in [0.5, 0.6) is 23.0 Å². The molecule has 0 fully saturated rings. The predicted octanol–water partition coefficient (Wildman–Crippen LogP) is 6.28. The standard InChI is InChI=1S/C26H20O5S/c1-3-16-9-5-6-10-18(16)24(29)26-25(19-14-13-17(27)15-22(19)32-26)31-21-12-8-7-11-20(21)30-23(28)4-2/h4-15,27H,2-3H2,1H3. The number of para-hydroxylation sites is 2. The van der Waals surface area contributed by atoms with Gasteiger partial charge in [-0.05, 0) is 42.3 Å². The second-order valence-corrected chi connectivity index (χ2v) is 8.01. The Balaban J connectivity index is 1.86. The normalized spacial score (nSPS) is 10.7. The molecule has 5 nitrogen and oxygen atoms in total. The number of phenols is 1. The maximum Gasteiger partial charge on any atom is 0.335 e. The molecule has 32 heavy (non-hydrogen) atoms. The Morgan fingerprint density at radius 2 is 1.75 bits per heavy atom. The number of carbonyl (C=O) groups excluding carboxylic acids is 2. The first-order chi connectivity index (χ1) is 15.5. The van der Waals surface area contributed by atoms with Crippen LogP contribution in [0.4, 0.5) is 0 Å². The smallest absolute Gasteiger partial charge is 0.335 e. The summed E-state index contributed by atoms with van der Waals surface area (Å²) < 4.78 is 12.2. The molecular weight excluding hydrogens is 424 g/mol. The van der Waals surface area contributed by atoms with Crippen LogP contribution < -0.4 is 9.47 Å². The monoisotopic (exact) mass is 444 g/mol. The first-order valence-electron chi connectivity index (χ1n) is 10.0. The summed E-state index contributed by atoms with van der Waals surface area (Å²) in [6.45, 7) is 5.41. The van der Waals surface area contributed by atoms with Crippen LogP contribution in [0, 0.1) is 0 Å². The maximum atomic E-state index is 13.6. The molecule has 4 rings (SSSR count). The van der Waals surface area contributed by atoms with Crippen LogP contribution in [-0.4, -0.2) is 16.9 Å². The Labute approximate surface area is 189 Å². The minimum absolute atomic E-state index is 0.0959. The van der Waals surface area contributed by atoms with Crippen LogP contribution in [0.1, 0.15) is 27.7 Å². The quantitative estimate of drug-likeness (QED) is 0.157. The van der Waals surface area contributed by atoms with Gasteiger partial charge in [0.15, 0.2) is 17.2 Å². The SMILES string of the molecule is C=CC(=O)Oc1ccccc1Oc1c(C(=O)c2ccccc2CC)sc2cc(O)ccc12. The molecule has 0 amide bonds. The predicted molar refractivity (Wildman–Crippen MR) is 125 cm³/mol. The largest absolute Gasteiger partial charge is 0.508 e. The summed E-state index contributed by atoms with van der Waals surface area (Å²) in [5.74, 6) is 0.158. The second kappa shape index (κ2) is 9.08. The fourth-order valence-corrected chi connectivity index (χ4v) is 4.48. The zero-order valence-electron chi connectivity index (χ0n) is 17.3.